The van der Waals surface area contributed by atoms with Crippen molar-refractivity contribution < 1.29 is 39.5 Å². The lowest BCUT2D eigenvalue weighted by Gasteiger charge is -2.33. The Bertz CT molecular complexity index is 1130. The minimum atomic E-state index is -0.916. The average Bonchev–Trinajstić information content (AvgIpc) is 2.88. The number of fused-ring (bicyclic) bond motifs is 2. The molecule has 0 fully saturated rings. The van der Waals surface area contributed by atoms with E-state index in [1.54, 1.807) is 32.3 Å². The van der Waals surface area contributed by atoms with Gasteiger partial charge in [-0.1, -0.05) is 45.1 Å². The number of phenolic OH excluding ortho intramolecular Hbond substituents is 2. The highest BCUT2D eigenvalue weighted by Crippen LogP contribution is 2.42. The molecular formula is C30H44N2O8. The van der Waals surface area contributed by atoms with Crippen LogP contribution in [-0.4, -0.2) is 65.0 Å². The zero-order valence-corrected chi connectivity index (χ0v) is 24.1. The molecule has 7 N–H and O–H groups in total. The number of phenols is 2. The van der Waals surface area contributed by atoms with Crippen LogP contribution in [0.2, 0.25) is 0 Å². The molecule has 2 bridgehead atoms. The first-order chi connectivity index (χ1) is 18.8. The number of nitrogens with one attached hydrogen (secondary N) is 1. The van der Waals surface area contributed by atoms with Crippen molar-refractivity contribution in [3.8, 4) is 11.5 Å². The highest BCUT2D eigenvalue weighted by molar-refractivity contribution is 6.04. The van der Waals surface area contributed by atoms with Gasteiger partial charge in [-0.3, -0.25) is 4.79 Å². The van der Waals surface area contributed by atoms with Crippen LogP contribution >= 0.6 is 0 Å². The summed E-state index contributed by atoms with van der Waals surface area (Å²) in [5.41, 5.74) is 6.71. The predicted octanol–water partition coefficient (Wildman–Crippen LogP) is 3.96. The van der Waals surface area contributed by atoms with E-state index in [9.17, 15) is 30.0 Å². The lowest BCUT2D eigenvalue weighted by molar-refractivity contribution is -0.112. The number of methoxy groups -OCH3 is 1. The molecule has 10 heteroatoms. The molecule has 40 heavy (non-hydrogen) atoms. The Morgan fingerprint density at radius 3 is 2.35 bits per heavy atom. The first-order valence-corrected chi connectivity index (χ1v) is 13.5. The molecule has 0 aromatic heterocycles. The van der Waals surface area contributed by atoms with E-state index in [2.05, 4.69) is 5.32 Å². The number of allylic oxidation sites excluding steroid dienone is 2. The van der Waals surface area contributed by atoms with Crippen LogP contribution in [0.15, 0.2) is 47.6 Å². The van der Waals surface area contributed by atoms with Gasteiger partial charge in [-0.05, 0) is 37.8 Å². The van der Waals surface area contributed by atoms with E-state index in [-0.39, 0.29) is 59.6 Å². The van der Waals surface area contributed by atoms with Crippen molar-refractivity contribution in [2.45, 2.75) is 59.2 Å². The van der Waals surface area contributed by atoms with Crippen LogP contribution in [0.25, 0.3) is 0 Å². The van der Waals surface area contributed by atoms with Gasteiger partial charge in [0, 0.05) is 54.6 Å². The first kappa shape index (κ1) is 32.9. The molecule has 10 nitrogen and oxygen atoms in total. The number of hydrogen-bond acceptors (Lipinski definition) is 8. The maximum atomic E-state index is 12.9. The number of carbonyl (C=O) groups excluding carboxylic acids is 2. The van der Waals surface area contributed by atoms with Crippen LogP contribution in [0.4, 0.5) is 10.5 Å². The van der Waals surface area contributed by atoms with E-state index < -0.39 is 30.1 Å². The Morgan fingerprint density at radius 1 is 1.10 bits per heavy atom. The van der Waals surface area contributed by atoms with Gasteiger partial charge >= 0.3 is 6.09 Å². The Morgan fingerprint density at radius 2 is 1.77 bits per heavy atom. The van der Waals surface area contributed by atoms with Crippen LogP contribution in [0, 0.1) is 23.7 Å². The Kier molecular flexibility index (Phi) is 12.2. The fraction of sp³-hybridized carbons (Fsp3) is 0.533. The molecule has 0 unspecified atom stereocenters. The van der Waals surface area contributed by atoms with Crippen LogP contribution in [0.5, 0.6) is 11.5 Å². The van der Waals surface area contributed by atoms with E-state index in [4.69, 9.17) is 15.2 Å². The molecule has 2 amide bonds. The van der Waals surface area contributed by atoms with Gasteiger partial charge in [0.1, 0.15) is 17.6 Å². The van der Waals surface area contributed by atoms with Crippen LogP contribution in [0.3, 0.4) is 0 Å². The fourth-order valence-corrected chi connectivity index (χ4v) is 5.51. The maximum absolute atomic E-state index is 12.9. The van der Waals surface area contributed by atoms with Gasteiger partial charge in [-0.15, -0.1) is 0 Å². The number of primary amides is 1. The number of amides is 2. The number of ether oxygens (including phenoxy) is 2. The molecule has 2 rings (SSSR count). The van der Waals surface area contributed by atoms with E-state index in [0.717, 1.165) is 5.57 Å². The zero-order chi connectivity index (χ0) is 30.1. The number of carbonyl (C=O) groups is 2. The van der Waals surface area contributed by atoms with Crippen molar-refractivity contribution in [1.29, 1.82) is 0 Å². The van der Waals surface area contributed by atoms with Crippen LogP contribution in [0.1, 0.15) is 52.5 Å². The third kappa shape index (κ3) is 8.33. The van der Waals surface area contributed by atoms with Gasteiger partial charge in [0.15, 0.2) is 0 Å². The summed E-state index contributed by atoms with van der Waals surface area (Å²) < 4.78 is 11.3. The summed E-state index contributed by atoms with van der Waals surface area (Å²) in [6.07, 6.45) is 5.35. The summed E-state index contributed by atoms with van der Waals surface area (Å²) in [6, 6.07) is 2.61. The van der Waals surface area contributed by atoms with E-state index in [1.165, 1.54) is 12.1 Å². The number of aromatic hydroxyl groups is 2. The van der Waals surface area contributed by atoms with Crippen molar-refractivity contribution in [2.75, 3.05) is 25.6 Å². The van der Waals surface area contributed by atoms with Gasteiger partial charge in [0.25, 0.3) is 5.91 Å². The van der Waals surface area contributed by atoms with Crippen molar-refractivity contribution in [3.05, 3.63) is 53.1 Å². The Hall–Kier alpha value is -3.34. The second kappa shape index (κ2) is 14.9. The van der Waals surface area contributed by atoms with Crippen molar-refractivity contribution >= 4 is 17.7 Å². The first-order valence-electron chi connectivity index (χ1n) is 13.5. The molecule has 0 aliphatic carbocycles. The van der Waals surface area contributed by atoms with Gasteiger partial charge in [0.2, 0.25) is 0 Å². The molecular weight excluding hydrogens is 516 g/mol. The molecule has 1 heterocycles. The standard InChI is InChI=1S/C30H44N2O8/c1-16-8-7-9-17(2)29(37)32-25-13-22(35)12-23(26(25)36)24(15-34)18(3)11-21(14-33)28(39-6)20(5)10-19(4)27(16)40-30(31)38/h7-10,12-13,16,18,20-21,24,27-28,33-36H,11,14-15H2,1-6H3,(H2,31,38)(H,32,37)/b8-7-,17-9+,19-10+/t16-,18-,20-,21+,24+,27+,28+/m0/s1. The number of aliphatic hydroxyl groups excluding tert-OH is 2. The van der Waals surface area contributed by atoms with Crippen LogP contribution < -0.4 is 11.1 Å². The number of benzene rings is 1. The molecule has 0 saturated carbocycles. The van der Waals surface area contributed by atoms with E-state index >= 15 is 0 Å². The summed E-state index contributed by atoms with van der Waals surface area (Å²) in [6.45, 7) is 8.56. The predicted molar refractivity (Wildman–Crippen MR) is 153 cm³/mol. The normalized spacial score (nSPS) is 32.2. The molecule has 1 aromatic carbocycles. The third-order valence-electron chi connectivity index (χ3n) is 7.63. The average molecular weight is 561 g/mol. The quantitative estimate of drug-likeness (QED) is 0.182. The SMILES string of the molecule is CO[C@H]1[C@@H](CO)C[C@H](C)[C@@H](CO)c2cc(O)cc(c2O)NC(=O)/C(C)=C/C=C\[C@H](C)[C@@H](OC(N)=O)/C(C)=C/[C@@H]1C. The fourth-order valence-electron chi connectivity index (χ4n) is 5.51. The molecule has 1 aliphatic rings. The second-order valence-corrected chi connectivity index (χ2v) is 10.8. The number of aliphatic hydroxyl groups is 2. The minimum Gasteiger partial charge on any atom is -0.508 e. The number of rotatable bonds is 4. The molecule has 0 radical (unpaired) electrons. The minimum absolute atomic E-state index is 0.00510. The largest absolute Gasteiger partial charge is 0.508 e. The summed E-state index contributed by atoms with van der Waals surface area (Å²) in [7, 11) is 1.56. The zero-order valence-electron chi connectivity index (χ0n) is 24.1. The second-order valence-electron chi connectivity index (χ2n) is 10.8. The number of hydrogen-bond donors (Lipinski definition) is 6. The lowest BCUT2D eigenvalue weighted by atomic mass is 9.78. The Balaban J connectivity index is 2.67. The van der Waals surface area contributed by atoms with Crippen molar-refractivity contribution in [1.82, 2.24) is 0 Å². The molecule has 0 spiro atoms. The van der Waals surface area contributed by atoms with Gasteiger partial charge in [-0.2, -0.15) is 0 Å². The lowest BCUT2D eigenvalue weighted by Crippen LogP contribution is -2.35. The monoisotopic (exact) mass is 560 g/mol. The molecule has 222 valence electrons. The highest BCUT2D eigenvalue weighted by Gasteiger charge is 2.32. The van der Waals surface area contributed by atoms with Gasteiger partial charge < -0.3 is 41.0 Å². The third-order valence-corrected chi connectivity index (χ3v) is 7.63. The Labute approximate surface area is 236 Å². The van der Waals surface area contributed by atoms with E-state index in [1.807, 2.05) is 33.8 Å². The summed E-state index contributed by atoms with van der Waals surface area (Å²) >= 11 is 0. The number of anilines is 1. The van der Waals surface area contributed by atoms with Gasteiger partial charge in [0.05, 0.1) is 18.4 Å². The molecule has 7 atom stereocenters. The maximum Gasteiger partial charge on any atom is 0.405 e. The highest BCUT2D eigenvalue weighted by atomic mass is 16.6. The molecule has 1 aromatic rings. The smallest absolute Gasteiger partial charge is 0.405 e. The summed E-state index contributed by atoms with van der Waals surface area (Å²) in [5.74, 6) is -2.69. The van der Waals surface area contributed by atoms with Crippen LogP contribution in [-0.2, 0) is 14.3 Å². The summed E-state index contributed by atoms with van der Waals surface area (Å²) in [4.78, 5) is 24.6. The molecule has 0 saturated heterocycles. The topological polar surface area (TPSA) is 172 Å². The summed E-state index contributed by atoms with van der Waals surface area (Å²) in [5, 5.41) is 44.7. The number of nitrogens with two attached hydrogens (primary N) is 1. The molecule has 1 aliphatic heterocycles. The van der Waals surface area contributed by atoms with Crippen molar-refractivity contribution in [2.24, 2.45) is 29.4 Å². The van der Waals surface area contributed by atoms with Crippen molar-refractivity contribution in [3.63, 3.8) is 0 Å². The van der Waals surface area contributed by atoms with E-state index in [0.29, 0.717) is 12.0 Å². The van der Waals surface area contributed by atoms with Gasteiger partial charge in [-0.25, -0.2) is 4.79 Å².